The molecule has 0 aromatic carbocycles. The smallest absolute Gasteiger partial charge is 0.341 e. The summed E-state index contributed by atoms with van der Waals surface area (Å²) >= 11 is 0. The molecule has 1 fully saturated rings. The lowest BCUT2D eigenvalue weighted by atomic mass is 9.79. The molecule has 0 radical (unpaired) electrons. The molecule has 1 saturated heterocycles. The Morgan fingerprint density at radius 3 is 1.75 bits per heavy atom. The third kappa shape index (κ3) is 1.39. The van der Waals surface area contributed by atoms with Gasteiger partial charge >= 0.3 is 11.8 Å². The zero-order chi connectivity index (χ0) is 13.0. The van der Waals surface area contributed by atoms with E-state index >= 15 is 0 Å². The monoisotopic (exact) mass is 242 g/mol. The highest BCUT2D eigenvalue weighted by atomic mass is 16.8. The molecule has 9 heteroatoms. The largest absolute Gasteiger partial charge is 0.394 e. The van der Waals surface area contributed by atoms with Crippen LogP contribution in [0.25, 0.3) is 0 Å². The Kier molecular flexibility index (Phi) is 2.84. The fourth-order valence-electron chi connectivity index (χ4n) is 1.41. The molecular formula is C7H14O9. The van der Waals surface area contributed by atoms with Crippen molar-refractivity contribution in [2.75, 3.05) is 6.61 Å². The van der Waals surface area contributed by atoms with Crippen LogP contribution in [-0.4, -0.2) is 76.7 Å². The maximum absolute atomic E-state index is 9.60. The zero-order valence-corrected chi connectivity index (χ0v) is 8.27. The van der Waals surface area contributed by atoms with Crippen LogP contribution in [0.1, 0.15) is 6.92 Å². The molecule has 0 spiro atoms. The van der Waals surface area contributed by atoms with Gasteiger partial charge in [0.2, 0.25) is 0 Å². The van der Waals surface area contributed by atoms with Crippen molar-refractivity contribution < 1.29 is 45.6 Å². The van der Waals surface area contributed by atoms with Crippen molar-refractivity contribution in [1.29, 1.82) is 0 Å². The van der Waals surface area contributed by atoms with E-state index in [-0.39, 0.29) is 0 Å². The molecule has 0 saturated carbocycles. The van der Waals surface area contributed by atoms with Crippen molar-refractivity contribution in [3.8, 4) is 0 Å². The van der Waals surface area contributed by atoms with Gasteiger partial charge in [0.25, 0.3) is 5.79 Å². The van der Waals surface area contributed by atoms with E-state index in [0.29, 0.717) is 6.92 Å². The van der Waals surface area contributed by atoms with Crippen molar-refractivity contribution in [2.45, 2.75) is 36.2 Å². The zero-order valence-electron chi connectivity index (χ0n) is 8.27. The average Bonchev–Trinajstić information content (AvgIpc) is 2.11. The normalized spacial score (nSPS) is 40.7. The summed E-state index contributed by atoms with van der Waals surface area (Å²) in [5.74, 6) is -11.5. The Morgan fingerprint density at radius 1 is 0.938 bits per heavy atom. The Bertz CT molecular complexity index is 282. The van der Waals surface area contributed by atoms with Gasteiger partial charge in [0.15, 0.2) is 0 Å². The molecule has 0 aromatic rings. The lowest BCUT2D eigenvalue weighted by Gasteiger charge is -2.55. The topological polar surface area (TPSA) is 171 Å². The molecule has 1 aliphatic rings. The first-order valence-electron chi connectivity index (χ1n) is 4.27. The summed E-state index contributed by atoms with van der Waals surface area (Å²) in [6, 6.07) is 0. The maximum atomic E-state index is 9.60. The number of rotatable bonds is 1. The van der Waals surface area contributed by atoms with Crippen LogP contribution in [0.2, 0.25) is 0 Å². The number of aliphatic hydroxyl groups excluding tert-OH is 1. The van der Waals surface area contributed by atoms with Crippen molar-refractivity contribution in [3.63, 3.8) is 0 Å². The molecule has 16 heavy (non-hydrogen) atoms. The number of ether oxygens (including phenoxy) is 1. The molecular weight excluding hydrogens is 228 g/mol. The first kappa shape index (κ1) is 13.7. The van der Waals surface area contributed by atoms with Gasteiger partial charge in [-0.1, -0.05) is 0 Å². The van der Waals surface area contributed by atoms with Gasteiger partial charge in [-0.05, 0) is 6.92 Å². The van der Waals surface area contributed by atoms with Crippen molar-refractivity contribution in [3.05, 3.63) is 0 Å². The Hall–Kier alpha value is -0.360. The summed E-state index contributed by atoms with van der Waals surface area (Å²) in [5, 5.41) is 73.6. The molecule has 1 rings (SSSR count). The molecule has 9 nitrogen and oxygen atoms in total. The van der Waals surface area contributed by atoms with E-state index in [1.165, 1.54) is 0 Å². The van der Waals surface area contributed by atoms with Crippen LogP contribution in [-0.2, 0) is 4.74 Å². The van der Waals surface area contributed by atoms with Gasteiger partial charge in [-0.15, -0.1) is 0 Å². The van der Waals surface area contributed by atoms with E-state index in [9.17, 15) is 15.3 Å². The lowest BCUT2D eigenvalue weighted by molar-refractivity contribution is -0.577. The van der Waals surface area contributed by atoms with Crippen LogP contribution < -0.4 is 0 Å². The van der Waals surface area contributed by atoms with E-state index in [0.717, 1.165) is 0 Å². The molecule has 1 aliphatic heterocycles. The predicted molar refractivity (Wildman–Crippen MR) is 44.1 cm³/mol. The molecule has 0 aromatic heterocycles. The van der Waals surface area contributed by atoms with Gasteiger partial charge in [0, 0.05) is 0 Å². The average molecular weight is 242 g/mol. The van der Waals surface area contributed by atoms with E-state index in [1.54, 1.807) is 0 Å². The highest BCUT2D eigenvalue weighted by Gasteiger charge is 2.76. The second kappa shape index (κ2) is 3.32. The molecule has 1 heterocycles. The van der Waals surface area contributed by atoms with Crippen molar-refractivity contribution in [1.82, 2.24) is 0 Å². The Morgan fingerprint density at radius 2 is 1.38 bits per heavy atom. The minimum Gasteiger partial charge on any atom is -0.394 e. The van der Waals surface area contributed by atoms with Gasteiger partial charge in [-0.25, -0.2) is 0 Å². The third-order valence-electron chi connectivity index (χ3n) is 2.75. The molecule has 96 valence electrons. The van der Waals surface area contributed by atoms with Gasteiger partial charge in [-0.2, -0.15) is 0 Å². The highest BCUT2D eigenvalue weighted by molar-refractivity contribution is 5.08. The number of aliphatic hydroxyl groups is 8. The quantitative estimate of drug-likeness (QED) is 0.210. The van der Waals surface area contributed by atoms with E-state index < -0.39 is 35.9 Å². The van der Waals surface area contributed by atoms with Crippen LogP contribution in [0.15, 0.2) is 0 Å². The molecule has 0 amide bonds. The van der Waals surface area contributed by atoms with Crippen molar-refractivity contribution in [2.24, 2.45) is 0 Å². The van der Waals surface area contributed by atoms with Crippen molar-refractivity contribution >= 4 is 0 Å². The van der Waals surface area contributed by atoms with Crippen LogP contribution >= 0.6 is 0 Å². The maximum Gasteiger partial charge on any atom is 0.341 e. The van der Waals surface area contributed by atoms with E-state index in [4.69, 9.17) is 25.5 Å². The predicted octanol–water partition coefficient (Wildman–Crippen LogP) is -4.87. The fourth-order valence-corrected chi connectivity index (χ4v) is 1.41. The molecule has 8 N–H and O–H groups in total. The summed E-state index contributed by atoms with van der Waals surface area (Å²) in [4.78, 5) is 0. The van der Waals surface area contributed by atoms with Gasteiger partial charge in [0.05, 0.1) is 6.61 Å². The second-order valence-electron chi connectivity index (χ2n) is 3.89. The summed E-state index contributed by atoms with van der Waals surface area (Å²) in [5.41, 5.74) is -2.75. The summed E-state index contributed by atoms with van der Waals surface area (Å²) in [6.07, 6.45) is -1.86. The number of hydrogen-bond donors (Lipinski definition) is 8. The van der Waals surface area contributed by atoms with Crippen LogP contribution in [0.4, 0.5) is 0 Å². The van der Waals surface area contributed by atoms with Gasteiger partial charge < -0.3 is 45.6 Å². The first-order valence-corrected chi connectivity index (χ1v) is 4.27. The Labute approximate surface area is 89.4 Å². The molecule has 2 atom stereocenters. The van der Waals surface area contributed by atoms with E-state index in [1.807, 2.05) is 0 Å². The fraction of sp³-hybridized carbons (Fsp3) is 1.00. The van der Waals surface area contributed by atoms with Crippen LogP contribution in [0, 0.1) is 0 Å². The van der Waals surface area contributed by atoms with Crippen LogP contribution in [0.3, 0.4) is 0 Å². The van der Waals surface area contributed by atoms with Crippen LogP contribution in [0.5, 0.6) is 0 Å². The molecule has 0 bridgehead atoms. The minimum atomic E-state index is -3.98. The van der Waals surface area contributed by atoms with E-state index in [2.05, 4.69) is 4.74 Å². The summed E-state index contributed by atoms with van der Waals surface area (Å²) < 4.78 is 4.18. The molecule has 0 aliphatic carbocycles. The van der Waals surface area contributed by atoms with Gasteiger partial charge in [0.1, 0.15) is 11.7 Å². The molecule has 0 unspecified atom stereocenters. The SMILES string of the molecule is C[C@]1(O)[C@@H](CO)OC(O)(O)C(O)(O)C1(O)O. The summed E-state index contributed by atoms with van der Waals surface area (Å²) in [6.45, 7) is -0.306. The lowest BCUT2D eigenvalue weighted by Crippen LogP contribution is -2.83. The highest BCUT2D eigenvalue weighted by Crippen LogP contribution is 2.44. The third-order valence-corrected chi connectivity index (χ3v) is 2.75. The van der Waals surface area contributed by atoms with Gasteiger partial charge in [-0.3, -0.25) is 0 Å². The number of hydrogen-bond acceptors (Lipinski definition) is 9. The Balaban J connectivity index is 3.30. The summed E-state index contributed by atoms with van der Waals surface area (Å²) in [7, 11) is 0. The minimum absolute atomic E-state index is 0.713. The standard InChI is InChI=1S/C7H14O9/c1-4(9)3(2-8)16-7(14,15)6(12,13)5(4,10)11/h3,8-15H,2H2,1H3/t3-,4+/m1/s1. The first-order chi connectivity index (χ1) is 6.92. The second-order valence-corrected chi connectivity index (χ2v) is 3.89.